The molecule has 1 aliphatic rings. The zero-order chi connectivity index (χ0) is 10.2. The summed E-state index contributed by atoms with van der Waals surface area (Å²) in [5.74, 6) is 0.841. The Morgan fingerprint density at radius 1 is 1.21 bits per heavy atom. The van der Waals surface area contributed by atoms with Crippen LogP contribution in [0.15, 0.2) is 12.7 Å². The molecule has 0 aliphatic heterocycles. The summed E-state index contributed by atoms with van der Waals surface area (Å²) < 4.78 is 0. The lowest BCUT2D eigenvalue weighted by molar-refractivity contribution is 0.322. The summed E-state index contributed by atoms with van der Waals surface area (Å²) in [6.07, 6.45) is 12.1. The first-order valence-electron chi connectivity index (χ1n) is 6.24. The normalized spacial score (nSPS) is 22.4. The van der Waals surface area contributed by atoms with Gasteiger partial charge in [-0.05, 0) is 25.3 Å². The highest BCUT2D eigenvalue weighted by atomic mass is 14.9. The van der Waals surface area contributed by atoms with Gasteiger partial charge in [-0.2, -0.15) is 0 Å². The molecule has 0 heterocycles. The monoisotopic (exact) mass is 195 g/mol. The summed E-state index contributed by atoms with van der Waals surface area (Å²) in [7, 11) is 0. The fourth-order valence-corrected chi connectivity index (χ4v) is 2.52. The van der Waals surface area contributed by atoms with Crippen molar-refractivity contribution in [3.05, 3.63) is 12.7 Å². The molecule has 1 rings (SSSR count). The fraction of sp³-hybridized carbons (Fsp3) is 0.846. The molecule has 0 spiro atoms. The third-order valence-electron chi connectivity index (χ3n) is 3.35. The molecule has 0 aromatic carbocycles. The number of nitrogens with one attached hydrogen (secondary N) is 1. The van der Waals surface area contributed by atoms with Crippen molar-refractivity contribution < 1.29 is 0 Å². The van der Waals surface area contributed by atoms with Gasteiger partial charge in [-0.1, -0.05) is 45.1 Å². The highest BCUT2D eigenvalue weighted by molar-refractivity contribution is 4.91. The quantitative estimate of drug-likeness (QED) is 0.677. The fourth-order valence-electron chi connectivity index (χ4n) is 2.52. The Kier molecular flexibility index (Phi) is 5.93. The van der Waals surface area contributed by atoms with Crippen LogP contribution in [0.1, 0.15) is 51.9 Å². The largest absolute Gasteiger partial charge is 0.311 e. The molecule has 0 aromatic rings. The van der Waals surface area contributed by atoms with Crippen LogP contribution < -0.4 is 5.32 Å². The molecule has 82 valence electrons. The summed E-state index contributed by atoms with van der Waals surface area (Å²) in [4.78, 5) is 0. The molecule has 0 saturated heterocycles. The molecular weight excluding hydrogens is 170 g/mol. The average molecular weight is 195 g/mol. The van der Waals surface area contributed by atoms with Crippen LogP contribution in [0, 0.1) is 5.92 Å². The Labute approximate surface area is 89.0 Å². The van der Waals surface area contributed by atoms with E-state index < -0.39 is 0 Å². The van der Waals surface area contributed by atoms with E-state index in [0.717, 1.165) is 12.5 Å². The minimum atomic E-state index is 0.554. The molecule has 0 radical (unpaired) electrons. The van der Waals surface area contributed by atoms with E-state index in [-0.39, 0.29) is 0 Å². The SMILES string of the molecule is C=CC(NCC)C1CCCCCCC1. The van der Waals surface area contributed by atoms with Crippen molar-refractivity contribution in [3.8, 4) is 0 Å². The Balaban J connectivity index is 2.39. The number of hydrogen-bond donors (Lipinski definition) is 1. The zero-order valence-electron chi connectivity index (χ0n) is 9.60. The van der Waals surface area contributed by atoms with Gasteiger partial charge < -0.3 is 5.32 Å². The number of hydrogen-bond acceptors (Lipinski definition) is 1. The Hall–Kier alpha value is -0.300. The third kappa shape index (κ3) is 3.83. The van der Waals surface area contributed by atoms with Crippen LogP contribution in [0.4, 0.5) is 0 Å². The molecular formula is C13H25N. The Morgan fingerprint density at radius 2 is 1.79 bits per heavy atom. The van der Waals surface area contributed by atoms with E-state index in [1.165, 1.54) is 44.9 Å². The van der Waals surface area contributed by atoms with Gasteiger partial charge in [-0.25, -0.2) is 0 Å². The van der Waals surface area contributed by atoms with E-state index in [9.17, 15) is 0 Å². The third-order valence-corrected chi connectivity index (χ3v) is 3.35. The summed E-state index contributed by atoms with van der Waals surface area (Å²) in [5.41, 5.74) is 0. The van der Waals surface area contributed by atoms with Crippen LogP contribution in [-0.4, -0.2) is 12.6 Å². The Bertz CT molecular complexity index is 145. The Morgan fingerprint density at radius 3 is 2.29 bits per heavy atom. The molecule has 1 unspecified atom stereocenters. The number of likely N-dealkylation sites (N-methyl/N-ethyl adjacent to an activating group) is 1. The second-order valence-corrected chi connectivity index (χ2v) is 4.42. The van der Waals surface area contributed by atoms with Gasteiger partial charge >= 0.3 is 0 Å². The first-order chi connectivity index (χ1) is 6.88. The molecule has 14 heavy (non-hydrogen) atoms. The highest BCUT2D eigenvalue weighted by Gasteiger charge is 2.18. The second-order valence-electron chi connectivity index (χ2n) is 4.42. The maximum absolute atomic E-state index is 3.95. The first-order valence-corrected chi connectivity index (χ1v) is 6.24. The second kappa shape index (κ2) is 7.05. The van der Waals surface area contributed by atoms with Crippen molar-refractivity contribution in [1.29, 1.82) is 0 Å². The van der Waals surface area contributed by atoms with Gasteiger partial charge in [0.15, 0.2) is 0 Å². The van der Waals surface area contributed by atoms with Crippen LogP contribution in [0.5, 0.6) is 0 Å². The molecule has 0 amide bonds. The van der Waals surface area contributed by atoms with E-state index in [1.54, 1.807) is 0 Å². The van der Waals surface area contributed by atoms with Gasteiger partial charge in [0, 0.05) is 6.04 Å². The van der Waals surface area contributed by atoms with Crippen molar-refractivity contribution in [1.82, 2.24) is 5.32 Å². The van der Waals surface area contributed by atoms with Crippen molar-refractivity contribution in [2.45, 2.75) is 57.9 Å². The van der Waals surface area contributed by atoms with E-state index in [0.29, 0.717) is 6.04 Å². The van der Waals surface area contributed by atoms with Crippen LogP contribution in [-0.2, 0) is 0 Å². The molecule has 1 aliphatic carbocycles. The van der Waals surface area contributed by atoms with Crippen molar-refractivity contribution in [3.63, 3.8) is 0 Å². The van der Waals surface area contributed by atoms with Gasteiger partial charge in [0.05, 0.1) is 0 Å². The summed E-state index contributed by atoms with van der Waals surface area (Å²) in [5, 5.41) is 3.53. The lowest BCUT2D eigenvalue weighted by atomic mass is 9.86. The van der Waals surface area contributed by atoms with Crippen LogP contribution in [0.3, 0.4) is 0 Å². The van der Waals surface area contributed by atoms with Crippen LogP contribution in [0.25, 0.3) is 0 Å². The van der Waals surface area contributed by atoms with Gasteiger partial charge in [0.2, 0.25) is 0 Å². The van der Waals surface area contributed by atoms with Crippen molar-refractivity contribution in [2.75, 3.05) is 6.54 Å². The molecule has 1 saturated carbocycles. The van der Waals surface area contributed by atoms with Crippen LogP contribution in [0.2, 0.25) is 0 Å². The van der Waals surface area contributed by atoms with Gasteiger partial charge in [-0.15, -0.1) is 6.58 Å². The maximum Gasteiger partial charge on any atom is 0.0275 e. The van der Waals surface area contributed by atoms with Crippen LogP contribution >= 0.6 is 0 Å². The predicted molar refractivity (Wildman–Crippen MR) is 63.5 cm³/mol. The molecule has 1 atom stereocenters. The topological polar surface area (TPSA) is 12.0 Å². The number of rotatable bonds is 4. The maximum atomic E-state index is 3.95. The molecule has 1 N–H and O–H groups in total. The zero-order valence-corrected chi connectivity index (χ0v) is 9.60. The standard InChI is InChI=1S/C13H25N/c1-3-13(14-4-2)12-10-8-6-5-7-9-11-12/h3,12-14H,1,4-11H2,2H3. The first kappa shape index (κ1) is 11.8. The summed E-state index contributed by atoms with van der Waals surface area (Å²) in [6.45, 7) is 7.19. The minimum absolute atomic E-state index is 0.554. The molecule has 1 fully saturated rings. The summed E-state index contributed by atoms with van der Waals surface area (Å²) in [6, 6.07) is 0.554. The molecule has 1 heteroatoms. The lowest BCUT2D eigenvalue weighted by Gasteiger charge is -2.26. The van der Waals surface area contributed by atoms with E-state index in [2.05, 4.69) is 24.9 Å². The average Bonchev–Trinajstić information content (AvgIpc) is 2.15. The van der Waals surface area contributed by atoms with E-state index in [4.69, 9.17) is 0 Å². The van der Waals surface area contributed by atoms with Gasteiger partial charge in [-0.3, -0.25) is 0 Å². The minimum Gasteiger partial charge on any atom is -0.311 e. The van der Waals surface area contributed by atoms with E-state index >= 15 is 0 Å². The van der Waals surface area contributed by atoms with Crippen molar-refractivity contribution in [2.24, 2.45) is 5.92 Å². The van der Waals surface area contributed by atoms with Gasteiger partial charge in [0.1, 0.15) is 0 Å². The molecule has 1 nitrogen and oxygen atoms in total. The lowest BCUT2D eigenvalue weighted by Crippen LogP contribution is -2.34. The van der Waals surface area contributed by atoms with Crippen molar-refractivity contribution >= 4 is 0 Å². The summed E-state index contributed by atoms with van der Waals surface area (Å²) >= 11 is 0. The highest BCUT2D eigenvalue weighted by Crippen LogP contribution is 2.25. The van der Waals surface area contributed by atoms with Gasteiger partial charge in [0.25, 0.3) is 0 Å². The molecule has 0 aromatic heterocycles. The predicted octanol–water partition coefficient (Wildman–Crippen LogP) is 3.51. The smallest absolute Gasteiger partial charge is 0.0275 e. The molecule has 0 bridgehead atoms. The van der Waals surface area contributed by atoms with E-state index in [1.807, 2.05) is 0 Å².